The molecule has 1 aliphatic carbocycles. The topological polar surface area (TPSA) is 86.8 Å². The van der Waals surface area contributed by atoms with Crippen LogP contribution in [0.1, 0.15) is 55.7 Å². The predicted molar refractivity (Wildman–Crippen MR) is 166 cm³/mol. The fourth-order valence-electron chi connectivity index (χ4n) is 5.26. The van der Waals surface area contributed by atoms with Gasteiger partial charge in [0.05, 0.1) is 10.6 Å². The first kappa shape index (κ1) is 30.8. The molecule has 1 saturated carbocycles. The molecule has 41 heavy (non-hydrogen) atoms. The second kappa shape index (κ2) is 13.7. The van der Waals surface area contributed by atoms with Gasteiger partial charge in [-0.3, -0.25) is 13.9 Å². The van der Waals surface area contributed by atoms with Gasteiger partial charge in [0.25, 0.3) is 10.0 Å². The third-order valence-electron chi connectivity index (χ3n) is 7.62. The Labute approximate surface area is 252 Å². The van der Waals surface area contributed by atoms with Crippen LogP contribution in [0.3, 0.4) is 0 Å². The third kappa shape index (κ3) is 7.77. The number of carbonyl (C=O) groups is 2. The Balaban J connectivity index is 1.69. The van der Waals surface area contributed by atoms with Crippen LogP contribution in [0.2, 0.25) is 0 Å². The van der Waals surface area contributed by atoms with Gasteiger partial charge in [0.1, 0.15) is 12.6 Å². The Morgan fingerprint density at radius 3 is 2.24 bits per heavy atom. The van der Waals surface area contributed by atoms with Gasteiger partial charge in [-0.2, -0.15) is 0 Å². The standard InChI is InChI=1S/C32H38BrN3O4S/c1-23-14-19-30(24(2)20-23)36(41(39,40)29-12-8-5-9-13-29)22-31(37)35(21-26-15-17-27(33)18-16-26)25(3)32(38)34-28-10-6-4-7-11-28/h5,8-9,12-20,25,28H,4,6-7,10-11,21-22H2,1-3H3,(H,34,38)/t25-/m1/s1. The van der Waals surface area contributed by atoms with Gasteiger partial charge in [-0.15, -0.1) is 0 Å². The number of rotatable bonds is 10. The lowest BCUT2D eigenvalue weighted by atomic mass is 9.95. The Hall–Kier alpha value is -3.17. The van der Waals surface area contributed by atoms with E-state index in [4.69, 9.17) is 0 Å². The van der Waals surface area contributed by atoms with Crippen LogP contribution in [0, 0.1) is 13.8 Å². The fraction of sp³-hybridized carbons (Fsp3) is 0.375. The molecule has 1 N–H and O–H groups in total. The molecule has 7 nitrogen and oxygen atoms in total. The molecule has 0 aromatic heterocycles. The van der Waals surface area contributed by atoms with Crippen LogP contribution < -0.4 is 9.62 Å². The zero-order valence-corrected chi connectivity index (χ0v) is 26.2. The monoisotopic (exact) mass is 639 g/mol. The highest BCUT2D eigenvalue weighted by Gasteiger charge is 2.33. The number of hydrogen-bond acceptors (Lipinski definition) is 4. The van der Waals surface area contributed by atoms with Crippen molar-refractivity contribution in [2.75, 3.05) is 10.8 Å². The van der Waals surface area contributed by atoms with E-state index in [2.05, 4.69) is 21.2 Å². The number of hydrogen-bond donors (Lipinski definition) is 1. The lowest BCUT2D eigenvalue weighted by molar-refractivity contribution is -0.139. The lowest BCUT2D eigenvalue weighted by Gasteiger charge is -2.33. The first-order valence-electron chi connectivity index (χ1n) is 14.1. The van der Waals surface area contributed by atoms with Crippen LogP contribution in [0.5, 0.6) is 0 Å². The van der Waals surface area contributed by atoms with Gasteiger partial charge < -0.3 is 10.2 Å². The molecule has 218 valence electrons. The summed E-state index contributed by atoms with van der Waals surface area (Å²) in [6.07, 6.45) is 5.16. The summed E-state index contributed by atoms with van der Waals surface area (Å²) in [5.41, 5.74) is 2.98. The third-order valence-corrected chi connectivity index (χ3v) is 9.92. The van der Waals surface area contributed by atoms with Gasteiger partial charge >= 0.3 is 0 Å². The summed E-state index contributed by atoms with van der Waals surface area (Å²) in [4.78, 5) is 29.1. The molecule has 3 aromatic rings. The molecule has 1 atom stereocenters. The van der Waals surface area contributed by atoms with Gasteiger partial charge in [-0.05, 0) is 75.1 Å². The number of nitrogens with zero attached hydrogens (tertiary/aromatic N) is 2. The smallest absolute Gasteiger partial charge is 0.264 e. The van der Waals surface area contributed by atoms with E-state index in [1.807, 2.05) is 50.2 Å². The van der Waals surface area contributed by atoms with Crippen molar-refractivity contribution in [3.05, 3.63) is 94.0 Å². The first-order chi connectivity index (χ1) is 19.6. The molecule has 1 aliphatic rings. The molecule has 9 heteroatoms. The van der Waals surface area contributed by atoms with Crippen molar-refractivity contribution in [3.63, 3.8) is 0 Å². The summed E-state index contributed by atoms with van der Waals surface area (Å²) < 4.78 is 30.0. The van der Waals surface area contributed by atoms with Gasteiger partial charge in [0.2, 0.25) is 11.8 Å². The van der Waals surface area contributed by atoms with E-state index < -0.39 is 28.5 Å². The number of sulfonamides is 1. The Morgan fingerprint density at radius 2 is 1.61 bits per heavy atom. The van der Waals surface area contributed by atoms with E-state index in [9.17, 15) is 18.0 Å². The molecule has 0 radical (unpaired) electrons. The van der Waals surface area contributed by atoms with Crippen LogP contribution in [0.25, 0.3) is 0 Å². The van der Waals surface area contributed by atoms with Gasteiger partial charge in [0.15, 0.2) is 0 Å². The van der Waals surface area contributed by atoms with Crippen molar-refractivity contribution in [2.24, 2.45) is 0 Å². The molecule has 2 amide bonds. The Morgan fingerprint density at radius 1 is 0.951 bits per heavy atom. The SMILES string of the molecule is Cc1ccc(N(CC(=O)N(Cc2ccc(Br)cc2)[C@H](C)C(=O)NC2CCCCC2)S(=O)(=O)c2ccccc2)c(C)c1. The molecule has 0 spiro atoms. The van der Waals surface area contributed by atoms with Crippen molar-refractivity contribution in [2.45, 2.75) is 76.4 Å². The summed E-state index contributed by atoms with van der Waals surface area (Å²) in [7, 11) is -4.09. The molecule has 4 rings (SSSR count). The number of benzene rings is 3. The summed E-state index contributed by atoms with van der Waals surface area (Å²) in [5.74, 6) is -0.690. The second-order valence-electron chi connectivity index (χ2n) is 10.8. The minimum absolute atomic E-state index is 0.0912. The van der Waals surface area contributed by atoms with Gasteiger partial charge in [-0.25, -0.2) is 8.42 Å². The maximum absolute atomic E-state index is 14.1. The number of halogens is 1. The average molecular weight is 641 g/mol. The number of carbonyl (C=O) groups excluding carboxylic acids is 2. The summed E-state index contributed by atoms with van der Waals surface area (Å²) in [6.45, 7) is 5.20. The van der Waals surface area contributed by atoms with Gasteiger partial charge in [0, 0.05) is 17.1 Å². The summed E-state index contributed by atoms with van der Waals surface area (Å²) in [6, 6.07) is 20.4. The van der Waals surface area contributed by atoms with E-state index in [0.717, 1.165) is 46.8 Å². The molecular weight excluding hydrogens is 602 g/mol. The fourth-order valence-corrected chi connectivity index (χ4v) is 7.02. The normalized spacial score (nSPS) is 14.7. The van der Waals surface area contributed by atoms with E-state index in [1.165, 1.54) is 27.8 Å². The van der Waals surface area contributed by atoms with E-state index in [1.54, 1.807) is 31.2 Å². The van der Waals surface area contributed by atoms with Crippen LogP contribution in [0.15, 0.2) is 82.2 Å². The van der Waals surface area contributed by atoms with E-state index >= 15 is 0 Å². The number of aryl methyl sites for hydroxylation is 2. The van der Waals surface area contributed by atoms with Crippen molar-refractivity contribution in [1.82, 2.24) is 10.2 Å². The lowest BCUT2D eigenvalue weighted by Crippen LogP contribution is -2.53. The van der Waals surface area contributed by atoms with Gasteiger partial charge in [-0.1, -0.05) is 83.2 Å². The van der Waals surface area contributed by atoms with Crippen LogP contribution >= 0.6 is 15.9 Å². The highest BCUT2D eigenvalue weighted by molar-refractivity contribution is 9.10. The summed E-state index contributed by atoms with van der Waals surface area (Å²) in [5, 5.41) is 3.13. The molecule has 3 aromatic carbocycles. The van der Waals surface area contributed by atoms with Crippen LogP contribution in [-0.4, -0.2) is 43.8 Å². The van der Waals surface area contributed by atoms with E-state index in [0.29, 0.717) is 5.69 Å². The largest absolute Gasteiger partial charge is 0.352 e. The molecule has 0 aliphatic heterocycles. The van der Waals surface area contributed by atoms with Crippen molar-refractivity contribution < 1.29 is 18.0 Å². The number of amides is 2. The predicted octanol–water partition coefficient (Wildman–Crippen LogP) is 6.13. The maximum Gasteiger partial charge on any atom is 0.264 e. The van der Waals surface area contributed by atoms with Crippen LogP contribution in [0.4, 0.5) is 5.69 Å². The number of nitrogens with one attached hydrogen (secondary N) is 1. The van der Waals surface area contributed by atoms with Crippen molar-refractivity contribution >= 4 is 43.5 Å². The maximum atomic E-state index is 14.1. The van der Waals surface area contributed by atoms with Crippen molar-refractivity contribution in [1.29, 1.82) is 0 Å². The molecular formula is C32H38BrN3O4S. The molecule has 0 unspecified atom stereocenters. The minimum Gasteiger partial charge on any atom is -0.352 e. The van der Waals surface area contributed by atoms with Crippen LogP contribution in [-0.2, 0) is 26.2 Å². The quantitative estimate of drug-likeness (QED) is 0.289. The highest BCUT2D eigenvalue weighted by Crippen LogP contribution is 2.28. The Kier molecular flexibility index (Phi) is 10.3. The number of anilines is 1. The van der Waals surface area contributed by atoms with E-state index in [-0.39, 0.29) is 23.4 Å². The molecule has 0 bridgehead atoms. The highest BCUT2D eigenvalue weighted by atomic mass is 79.9. The molecule has 0 saturated heterocycles. The summed E-state index contributed by atoms with van der Waals surface area (Å²) >= 11 is 3.44. The molecule has 1 fully saturated rings. The molecule has 0 heterocycles. The first-order valence-corrected chi connectivity index (χ1v) is 16.3. The average Bonchev–Trinajstić information content (AvgIpc) is 2.96. The zero-order chi connectivity index (χ0) is 29.6. The minimum atomic E-state index is -4.09. The Bertz CT molecular complexity index is 1460. The zero-order valence-electron chi connectivity index (χ0n) is 23.8. The second-order valence-corrected chi connectivity index (χ2v) is 13.6. The van der Waals surface area contributed by atoms with Crippen molar-refractivity contribution in [3.8, 4) is 0 Å².